The molecule has 1 heterocycles. The number of aryl methyl sites for hydroxylation is 2. The van der Waals surface area contributed by atoms with Crippen molar-refractivity contribution in [1.82, 2.24) is 10.4 Å². The van der Waals surface area contributed by atoms with E-state index in [1.165, 1.54) is 12.0 Å². The smallest absolute Gasteiger partial charge is 0.357 e. The van der Waals surface area contributed by atoms with Gasteiger partial charge in [0.15, 0.2) is 5.70 Å². The third kappa shape index (κ3) is 2.91. The van der Waals surface area contributed by atoms with Gasteiger partial charge < -0.3 is 15.9 Å². The Bertz CT molecular complexity index is 540. The molecular formula is C14H20N4O2. The second-order valence-corrected chi connectivity index (χ2v) is 4.66. The highest BCUT2D eigenvalue weighted by molar-refractivity contribution is 5.95. The molecule has 0 saturated heterocycles. The Balaban J connectivity index is 2.35. The number of carbonyl (C=O) groups is 1. The van der Waals surface area contributed by atoms with E-state index in [0.717, 1.165) is 25.0 Å². The van der Waals surface area contributed by atoms with Crippen molar-refractivity contribution in [1.29, 1.82) is 0 Å². The summed E-state index contributed by atoms with van der Waals surface area (Å²) in [6.07, 6.45) is 4.32. The molecule has 2 rings (SSSR count). The van der Waals surface area contributed by atoms with E-state index in [1.54, 1.807) is 6.92 Å². The third-order valence-corrected chi connectivity index (χ3v) is 3.35. The summed E-state index contributed by atoms with van der Waals surface area (Å²) in [5, 5.41) is 0. The number of aromatic nitrogens is 1. The summed E-state index contributed by atoms with van der Waals surface area (Å²) >= 11 is 0. The number of ether oxygens (including phenoxy) is 1. The normalized spacial score (nSPS) is 15.1. The first-order valence-electron chi connectivity index (χ1n) is 6.80. The van der Waals surface area contributed by atoms with Gasteiger partial charge in [0, 0.05) is 5.69 Å². The van der Waals surface area contributed by atoms with E-state index in [0.29, 0.717) is 5.69 Å². The topological polar surface area (TPSA) is 103 Å². The standard InChI is InChI=1S/C14H20N4O2/c1-2-20-14(19)13(18-16)12(15)11-8-7-9-5-3-4-6-10(9)17-11/h7-8,18H,2-6,15-16H2,1H3/b13-12-. The van der Waals surface area contributed by atoms with Gasteiger partial charge in [-0.3, -0.25) is 10.8 Å². The zero-order valence-electron chi connectivity index (χ0n) is 11.6. The van der Waals surface area contributed by atoms with Gasteiger partial charge in [-0.05, 0) is 44.2 Å². The lowest BCUT2D eigenvalue weighted by Crippen LogP contribution is -2.31. The summed E-state index contributed by atoms with van der Waals surface area (Å²) in [7, 11) is 0. The summed E-state index contributed by atoms with van der Waals surface area (Å²) < 4.78 is 4.90. The van der Waals surface area contributed by atoms with Crippen LogP contribution in [0.15, 0.2) is 17.8 Å². The van der Waals surface area contributed by atoms with Crippen molar-refractivity contribution >= 4 is 11.7 Å². The van der Waals surface area contributed by atoms with E-state index in [9.17, 15) is 4.79 Å². The van der Waals surface area contributed by atoms with Gasteiger partial charge in [-0.1, -0.05) is 6.07 Å². The van der Waals surface area contributed by atoms with Crippen molar-refractivity contribution in [3.05, 3.63) is 34.8 Å². The Hall–Kier alpha value is -2.08. The van der Waals surface area contributed by atoms with Crippen LogP contribution in [0.2, 0.25) is 0 Å². The molecule has 6 nitrogen and oxygen atoms in total. The van der Waals surface area contributed by atoms with Gasteiger partial charge in [-0.2, -0.15) is 0 Å². The van der Waals surface area contributed by atoms with Crippen LogP contribution in [0, 0.1) is 0 Å². The van der Waals surface area contributed by atoms with Crippen LogP contribution in [0.3, 0.4) is 0 Å². The molecule has 0 bridgehead atoms. The molecule has 6 heteroatoms. The predicted molar refractivity (Wildman–Crippen MR) is 75.9 cm³/mol. The summed E-state index contributed by atoms with van der Waals surface area (Å²) in [5.41, 5.74) is 11.4. The van der Waals surface area contributed by atoms with Crippen molar-refractivity contribution in [2.24, 2.45) is 11.6 Å². The Labute approximate surface area is 118 Å². The Morgan fingerprint density at radius 1 is 1.40 bits per heavy atom. The fourth-order valence-corrected chi connectivity index (χ4v) is 2.31. The number of nitrogens with two attached hydrogens (primary N) is 2. The molecule has 20 heavy (non-hydrogen) atoms. The zero-order valence-corrected chi connectivity index (χ0v) is 11.6. The minimum Gasteiger partial charge on any atom is -0.461 e. The minimum atomic E-state index is -0.577. The molecule has 5 N–H and O–H groups in total. The van der Waals surface area contributed by atoms with Crippen molar-refractivity contribution in [2.45, 2.75) is 32.6 Å². The molecule has 108 valence electrons. The number of fused-ring (bicyclic) bond motifs is 1. The number of hydrogen-bond donors (Lipinski definition) is 3. The van der Waals surface area contributed by atoms with Crippen LogP contribution in [-0.2, 0) is 22.4 Å². The number of pyridine rings is 1. The van der Waals surface area contributed by atoms with Gasteiger partial charge in [0.1, 0.15) is 0 Å². The lowest BCUT2D eigenvalue weighted by atomic mass is 9.95. The van der Waals surface area contributed by atoms with Gasteiger partial charge in [0.05, 0.1) is 18.0 Å². The first-order valence-corrected chi connectivity index (χ1v) is 6.80. The molecule has 0 atom stereocenters. The molecule has 0 amide bonds. The maximum atomic E-state index is 11.7. The average molecular weight is 276 g/mol. The van der Waals surface area contributed by atoms with E-state index in [4.69, 9.17) is 16.3 Å². The third-order valence-electron chi connectivity index (χ3n) is 3.35. The number of esters is 1. The van der Waals surface area contributed by atoms with Gasteiger partial charge in [-0.25, -0.2) is 4.79 Å². The van der Waals surface area contributed by atoms with Crippen molar-refractivity contribution in [3.63, 3.8) is 0 Å². The number of rotatable bonds is 4. The molecule has 0 unspecified atom stereocenters. The van der Waals surface area contributed by atoms with Crippen LogP contribution < -0.4 is 17.0 Å². The van der Waals surface area contributed by atoms with Crippen LogP contribution in [0.5, 0.6) is 0 Å². The van der Waals surface area contributed by atoms with Crippen LogP contribution in [0.4, 0.5) is 0 Å². The fraction of sp³-hybridized carbons (Fsp3) is 0.429. The molecule has 0 radical (unpaired) electrons. The summed E-state index contributed by atoms with van der Waals surface area (Å²) in [5.74, 6) is 4.79. The van der Waals surface area contributed by atoms with Crippen molar-refractivity contribution in [3.8, 4) is 0 Å². The molecular weight excluding hydrogens is 256 g/mol. The van der Waals surface area contributed by atoms with Crippen LogP contribution >= 0.6 is 0 Å². The van der Waals surface area contributed by atoms with Crippen molar-refractivity contribution in [2.75, 3.05) is 6.61 Å². The maximum absolute atomic E-state index is 11.7. The van der Waals surface area contributed by atoms with Crippen LogP contribution in [0.25, 0.3) is 5.70 Å². The predicted octanol–water partition coefficient (Wildman–Crippen LogP) is 0.614. The molecule has 0 aromatic carbocycles. The van der Waals surface area contributed by atoms with E-state index >= 15 is 0 Å². The number of nitrogens with one attached hydrogen (secondary N) is 1. The number of hydrazine groups is 1. The number of nitrogens with zero attached hydrogens (tertiary/aromatic N) is 1. The molecule has 0 spiro atoms. The van der Waals surface area contributed by atoms with E-state index in [2.05, 4.69) is 10.4 Å². The Kier molecular flexibility index (Phi) is 4.57. The van der Waals surface area contributed by atoms with Gasteiger partial charge in [0.2, 0.25) is 0 Å². The van der Waals surface area contributed by atoms with Gasteiger partial charge in [0.25, 0.3) is 0 Å². The average Bonchev–Trinajstić information content (AvgIpc) is 2.47. The highest BCUT2D eigenvalue weighted by Gasteiger charge is 2.18. The summed E-state index contributed by atoms with van der Waals surface area (Å²) in [6, 6.07) is 3.83. The highest BCUT2D eigenvalue weighted by Crippen LogP contribution is 2.21. The van der Waals surface area contributed by atoms with Gasteiger partial charge in [-0.15, -0.1) is 0 Å². The lowest BCUT2D eigenvalue weighted by Gasteiger charge is -2.16. The van der Waals surface area contributed by atoms with Crippen LogP contribution in [0.1, 0.15) is 36.7 Å². The summed E-state index contributed by atoms with van der Waals surface area (Å²) in [6.45, 7) is 1.98. The van der Waals surface area contributed by atoms with E-state index < -0.39 is 5.97 Å². The largest absolute Gasteiger partial charge is 0.461 e. The van der Waals surface area contributed by atoms with Gasteiger partial charge >= 0.3 is 5.97 Å². The molecule has 1 aliphatic rings. The first-order chi connectivity index (χ1) is 9.67. The molecule has 0 aliphatic heterocycles. The first kappa shape index (κ1) is 14.3. The fourth-order valence-electron chi connectivity index (χ4n) is 2.31. The lowest BCUT2D eigenvalue weighted by molar-refractivity contribution is -0.138. The molecule has 1 aromatic rings. The second kappa shape index (κ2) is 6.38. The minimum absolute atomic E-state index is 0.0371. The summed E-state index contributed by atoms with van der Waals surface area (Å²) in [4.78, 5) is 16.3. The number of carbonyl (C=O) groups excluding carboxylic acids is 1. The number of hydrogen-bond acceptors (Lipinski definition) is 6. The monoisotopic (exact) mass is 276 g/mol. The quantitative estimate of drug-likeness (QED) is 0.322. The van der Waals surface area contributed by atoms with E-state index in [-0.39, 0.29) is 18.0 Å². The molecule has 1 aromatic heterocycles. The molecule has 0 saturated carbocycles. The highest BCUT2D eigenvalue weighted by atomic mass is 16.5. The Morgan fingerprint density at radius 3 is 2.85 bits per heavy atom. The molecule has 0 fully saturated rings. The molecule has 1 aliphatic carbocycles. The SMILES string of the molecule is CCOC(=O)/C(NN)=C(/N)c1ccc2c(n1)CCCC2. The van der Waals surface area contributed by atoms with Crippen molar-refractivity contribution < 1.29 is 9.53 Å². The van der Waals surface area contributed by atoms with Crippen LogP contribution in [-0.4, -0.2) is 17.6 Å². The second-order valence-electron chi connectivity index (χ2n) is 4.66. The Morgan fingerprint density at radius 2 is 2.15 bits per heavy atom. The maximum Gasteiger partial charge on any atom is 0.357 e. The zero-order chi connectivity index (χ0) is 14.5. The van der Waals surface area contributed by atoms with E-state index in [1.807, 2.05) is 12.1 Å².